The van der Waals surface area contributed by atoms with Gasteiger partial charge in [-0.15, -0.1) is 0 Å². The molecule has 1 rings (SSSR count). The highest BCUT2D eigenvalue weighted by Crippen LogP contribution is 2.34. The first-order chi connectivity index (χ1) is 8.51. The molecule has 0 saturated carbocycles. The molecule has 0 N–H and O–H groups in total. The van der Waals surface area contributed by atoms with Crippen molar-refractivity contribution in [3.05, 3.63) is 22.5 Å². The van der Waals surface area contributed by atoms with Gasteiger partial charge in [-0.3, -0.25) is 4.79 Å². The van der Waals surface area contributed by atoms with Gasteiger partial charge in [0.25, 0.3) is 6.43 Å². The van der Waals surface area contributed by atoms with Gasteiger partial charge >= 0.3 is 5.97 Å². The predicted molar refractivity (Wildman–Crippen MR) is 61.1 cm³/mol. The molecule has 0 radical (unpaired) electrons. The van der Waals surface area contributed by atoms with Crippen LogP contribution in [0.5, 0.6) is 5.75 Å². The summed E-state index contributed by atoms with van der Waals surface area (Å²) in [6.07, 6.45) is -1.98. The van der Waals surface area contributed by atoms with Crippen molar-refractivity contribution in [3.63, 3.8) is 0 Å². The van der Waals surface area contributed by atoms with Crippen LogP contribution in [-0.2, 0) is 16.0 Å². The van der Waals surface area contributed by atoms with Crippen molar-refractivity contribution in [1.29, 1.82) is 0 Å². The van der Waals surface area contributed by atoms with Gasteiger partial charge in [0.05, 0.1) is 31.9 Å². The number of nitrogens with zero attached hydrogens (tertiary/aromatic N) is 1. The molecule has 4 nitrogen and oxygen atoms in total. The van der Waals surface area contributed by atoms with Crippen LogP contribution >= 0.6 is 11.6 Å². The quantitative estimate of drug-likeness (QED) is 0.614. The molecule has 1 aromatic rings. The van der Waals surface area contributed by atoms with Gasteiger partial charge in [0, 0.05) is 5.56 Å². The number of alkyl halides is 2. The summed E-state index contributed by atoms with van der Waals surface area (Å²) in [5, 5.41) is -0.343. The summed E-state index contributed by atoms with van der Waals surface area (Å²) in [6.45, 7) is 1.80. The summed E-state index contributed by atoms with van der Waals surface area (Å²) in [7, 11) is 1.30. The summed E-state index contributed by atoms with van der Waals surface area (Å²) >= 11 is 5.62. The summed E-state index contributed by atoms with van der Waals surface area (Å²) < 4.78 is 35.4. The van der Waals surface area contributed by atoms with Gasteiger partial charge in [-0.1, -0.05) is 11.6 Å². The highest BCUT2D eigenvalue weighted by Gasteiger charge is 2.24. The Balaban J connectivity index is 3.19. The molecule has 1 heterocycles. The molecule has 0 aliphatic heterocycles. The number of halogens is 3. The Morgan fingerprint density at radius 2 is 2.22 bits per heavy atom. The van der Waals surface area contributed by atoms with Crippen LogP contribution in [0.3, 0.4) is 0 Å². The fraction of sp³-hybridized carbons (Fsp3) is 0.455. The number of methoxy groups -OCH3 is 1. The second-order valence-corrected chi connectivity index (χ2v) is 3.65. The minimum absolute atomic E-state index is 0.00551. The van der Waals surface area contributed by atoms with Crippen LogP contribution < -0.4 is 4.74 Å². The normalized spacial score (nSPS) is 10.6. The van der Waals surface area contributed by atoms with E-state index in [1.165, 1.54) is 13.3 Å². The van der Waals surface area contributed by atoms with E-state index in [2.05, 4.69) is 4.98 Å². The third kappa shape index (κ3) is 3.29. The molecule has 100 valence electrons. The molecule has 0 unspecified atom stereocenters. The molecular formula is C11H12ClF2NO3. The standard InChI is InChI=1S/C11H12ClF2NO3/c1-3-18-8(16)4-6-7(17-2)5-15-10(12)9(6)11(13)14/h5,11H,3-4H2,1-2H3. The molecule has 0 bridgehead atoms. The molecule has 0 aliphatic carbocycles. The number of aromatic nitrogens is 1. The molecule has 7 heteroatoms. The van der Waals surface area contributed by atoms with Crippen LogP contribution in [0.25, 0.3) is 0 Å². The first kappa shape index (κ1) is 14.6. The Morgan fingerprint density at radius 1 is 1.56 bits per heavy atom. The zero-order valence-corrected chi connectivity index (χ0v) is 10.6. The van der Waals surface area contributed by atoms with Crippen LogP contribution in [0, 0.1) is 0 Å². The van der Waals surface area contributed by atoms with Crippen molar-refractivity contribution in [2.24, 2.45) is 0 Å². The lowest BCUT2D eigenvalue weighted by molar-refractivity contribution is -0.142. The van der Waals surface area contributed by atoms with Crippen LogP contribution in [0.15, 0.2) is 6.20 Å². The maximum atomic E-state index is 12.9. The van der Waals surface area contributed by atoms with Crippen molar-refractivity contribution in [2.45, 2.75) is 19.8 Å². The zero-order valence-electron chi connectivity index (χ0n) is 9.87. The van der Waals surface area contributed by atoms with Crippen LogP contribution in [-0.4, -0.2) is 24.7 Å². The first-order valence-corrected chi connectivity index (χ1v) is 5.54. The number of hydrogen-bond acceptors (Lipinski definition) is 4. The second kappa shape index (κ2) is 6.49. The maximum Gasteiger partial charge on any atom is 0.310 e. The average molecular weight is 280 g/mol. The van der Waals surface area contributed by atoms with Crippen molar-refractivity contribution in [3.8, 4) is 5.75 Å². The van der Waals surface area contributed by atoms with E-state index in [0.717, 1.165) is 0 Å². The second-order valence-electron chi connectivity index (χ2n) is 3.29. The van der Waals surface area contributed by atoms with Gasteiger partial charge in [-0.25, -0.2) is 13.8 Å². The summed E-state index contributed by atoms with van der Waals surface area (Å²) in [4.78, 5) is 15.0. The van der Waals surface area contributed by atoms with Crippen molar-refractivity contribution < 1.29 is 23.0 Å². The van der Waals surface area contributed by atoms with Gasteiger partial charge in [0.1, 0.15) is 10.9 Å². The molecule has 1 aromatic heterocycles. The van der Waals surface area contributed by atoms with Crippen LogP contribution in [0.4, 0.5) is 8.78 Å². The first-order valence-electron chi connectivity index (χ1n) is 5.16. The fourth-order valence-electron chi connectivity index (χ4n) is 1.46. The lowest BCUT2D eigenvalue weighted by Gasteiger charge is -2.13. The van der Waals surface area contributed by atoms with E-state index in [1.807, 2.05) is 0 Å². The van der Waals surface area contributed by atoms with E-state index in [-0.39, 0.29) is 29.5 Å². The summed E-state index contributed by atoms with van der Waals surface area (Å²) in [5.41, 5.74) is -0.491. The highest BCUT2D eigenvalue weighted by molar-refractivity contribution is 6.30. The maximum absolute atomic E-state index is 12.9. The number of carbonyl (C=O) groups excluding carboxylic acids is 1. The van der Waals surface area contributed by atoms with E-state index >= 15 is 0 Å². The Kier molecular flexibility index (Phi) is 5.27. The van der Waals surface area contributed by atoms with E-state index in [0.29, 0.717) is 0 Å². The van der Waals surface area contributed by atoms with Gasteiger partial charge in [0.2, 0.25) is 0 Å². The molecular weight excluding hydrogens is 268 g/mol. The zero-order chi connectivity index (χ0) is 13.7. The SMILES string of the molecule is CCOC(=O)Cc1c(OC)cnc(Cl)c1C(F)F. The number of ether oxygens (including phenoxy) is 2. The van der Waals surface area contributed by atoms with Crippen molar-refractivity contribution in [2.75, 3.05) is 13.7 Å². The lowest BCUT2D eigenvalue weighted by Crippen LogP contribution is -2.11. The molecule has 0 aliphatic rings. The molecule has 0 aromatic carbocycles. The minimum Gasteiger partial charge on any atom is -0.495 e. The van der Waals surface area contributed by atoms with E-state index in [1.54, 1.807) is 6.92 Å². The number of pyridine rings is 1. The Hall–Kier alpha value is -1.43. The summed E-state index contributed by atoms with van der Waals surface area (Å²) in [5.74, 6) is -0.539. The molecule has 0 atom stereocenters. The summed E-state index contributed by atoms with van der Waals surface area (Å²) in [6, 6.07) is 0. The van der Waals surface area contributed by atoms with Gasteiger partial charge in [-0.2, -0.15) is 0 Å². The number of esters is 1. The Labute approximate surface area is 108 Å². The topological polar surface area (TPSA) is 48.4 Å². The van der Waals surface area contributed by atoms with Gasteiger partial charge < -0.3 is 9.47 Å². The number of carbonyl (C=O) groups is 1. The highest BCUT2D eigenvalue weighted by atomic mass is 35.5. The number of hydrogen-bond donors (Lipinski definition) is 0. The third-order valence-electron chi connectivity index (χ3n) is 2.20. The van der Waals surface area contributed by atoms with Crippen LogP contribution in [0.2, 0.25) is 5.15 Å². The Bertz CT molecular complexity index is 441. The molecule has 18 heavy (non-hydrogen) atoms. The third-order valence-corrected chi connectivity index (χ3v) is 2.51. The minimum atomic E-state index is -2.84. The Morgan fingerprint density at radius 3 is 2.72 bits per heavy atom. The average Bonchev–Trinajstić information content (AvgIpc) is 2.29. The van der Waals surface area contributed by atoms with E-state index < -0.39 is 18.0 Å². The van der Waals surface area contributed by atoms with E-state index in [4.69, 9.17) is 21.1 Å². The van der Waals surface area contributed by atoms with Crippen molar-refractivity contribution >= 4 is 17.6 Å². The predicted octanol–water partition coefficient (Wildman–Crippen LogP) is 2.79. The lowest BCUT2D eigenvalue weighted by atomic mass is 10.1. The smallest absolute Gasteiger partial charge is 0.310 e. The van der Waals surface area contributed by atoms with Gasteiger partial charge in [-0.05, 0) is 6.92 Å². The largest absolute Gasteiger partial charge is 0.495 e. The number of rotatable bonds is 5. The van der Waals surface area contributed by atoms with Gasteiger partial charge in [0.15, 0.2) is 0 Å². The van der Waals surface area contributed by atoms with E-state index in [9.17, 15) is 13.6 Å². The molecule has 0 saturated heterocycles. The fourth-order valence-corrected chi connectivity index (χ4v) is 1.70. The molecule has 0 fully saturated rings. The van der Waals surface area contributed by atoms with Crippen molar-refractivity contribution in [1.82, 2.24) is 4.98 Å². The van der Waals surface area contributed by atoms with Crippen LogP contribution in [0.1, 0.15) is 24.5 Å². The molecule has 0 amide bonds. The molecule has 0 spiro atoms. The monoisotopic (exact) mass is 279 g/mol.